The highest BCUT2D eigenvalue weighted by atomic mass is 32.2. The maximum Gasteiger partial charge on any atom is 0.230 e. The van der Waals surface area contributed by atoms with Gasteiger partial charge in [0, 0.05) is 5.75 Å². The van der Waals surface area contributed by atoms with Crippen molar-refractivity contribution in [3.63, 3.8) is 0 Å². The van der Waals surface area contributed by atoms with Crippen LogP contribution in [0.2, 0.25) is 0 Å². The zero-order chi connectivity index (χ0) is 16.3. The summed E-state index contributed by atoms with van der Waals surface area (Å²) in [6.07, 6.45) is 0. The summed E-state index contributed by atoms with van der Waals surface area (Å²) in [7, 11) is 1.65. The molecule has 0 aliphatic heterocycles. The number of hydrogen-bond acceptors (Lipinski definition) is 4. The van der Waals surface area contributed by atoms with Gasteiger partial charge in [0.15, 0.2) is 0 Å². The molecular formula is C18H21NO3S. The molecule has 23 heavy (non-hydrogen) atoms. The molecule has 0 heterocycles. The summed E-state index contributed by atoms with van der Waals surface area (Å²) in [4.78, 5) is 11.7. The number of methoxy groups -OCH3 is 1. The van der Waals surface area contributed by atoms with Crippen molar-refractivity contribution in [3.05, 3.63) is 60.2 Å². The molecule has 1 amide bonds. The molecule has 0 spiro atoms. The van der Waals surface area contributed by atoms with Crippen molar-refractivity contribution < 1.29 is 14.3 Å². The molecule has 122 valence electrons. The van der Waals surface area contributed by atoms with E-state index in [9.17, 15) is 4.79 Å². The molecule has 2 aromatic carbocycles. The van der Waals surface area contributed by atoms with E-state index in [-0.39, 0.29) is 5.91 Å². The minimum atomic E-state index is 0.0279. The number of thioether (sulfide) groups is 1. The lowest BCUT2D eigenvalue weighted by molar-refractivity contribution is -0.118. The van der Waals surface area contributed by atoms with Crippen molar-refractivity contribution in [1.82, 2.24) is 5.32 Å². The molecule has 0 aliphatic carbocycles. The van der Waals surface area contributed by atoms with Crippen LogP contribution >= 0.6 is 11.8 Å². The smallest absolute Gasteiger partial charge is 0.230 e. The van der Waals surface area contributed by atoms with Crippen LogP contribution in [0.1, 0.15) is 5.56 Å². The molecule has 0 unspecified atom stereocenters. The third-order valence-electron chi connectivity index (χ3n) is 3.10. The van der Waals surface area contributed by atoms with E-state index < -0.39 is 0 Å². The molecule has 0 aliphatic rings. The first kappa shape index (κ1) is 17.2. The van der Waals surface area contributed by atoms with Crippen LogP contribution < -0.4 is 14.8 Å². The molecule has 0 atom stereocenters. The number of amides is 1. The van der Waals surface area contributed by atoms with Gasteiger partial charge in [0.25, 0.3) is 0 Å². The Bertz CT molecular complexity index is 587. The Morgan fingerprint density at radius 1 is 1.04 bits per heavy atom. The van der Waals surface area contributed by atoms with Gasteiger partial charge in [-0.1, -0.05) is 30.3 Å². The quantitative estimate of drug-likeness (QED) is 0.717. The van der Waals surface area contributed by atoms with Gasteiger partial charge < -0.3 is 14.8 Å². The van der Waals surface area contributed by atoms with E-state index in [1.54, 1.807) is 18.9 Å². The fourth-order valence-electron chi connectivity index (χ4n) is 1.91. The number of nitrogens with one attached hydrogen (secondary N) is 1. The van der Waals surface area contributed by atoms with E-state index in [2.05, 4.69) is 5.32 Å². The van der Waals surface area contributed by atoms with Gasteiger partial charge in [-0.15, -0.1) is 11.8 Å². The molecule has 0 aromatic heterocycles. The summed E-state index contributed by atoms with van der Waals surface area (Å²) < 4.78 is 10.6. The first-order valence-corrected chi connectivity index (χ1v) is 8.58. The molecule has 0 fully saturated rings. The highest BCUT2D eigenvalue weighted by Gasteiger charge is 2.02. The summed E-state index contributed by atoms with van der Waals surface area (Å²) in [5.41, 5.74) is 1.18. The highest BCUT2D eigenvalue weighted by Crippen LogP contribution is 2.16. The Morgan fingerprint density at radius 3 is 2.48 bits per heavy atom. The van der Waals surface area contributed by atoms with Crippen molar-refractivity contribution >= 4 is 17.7 Å². The predicted octanol–water partition coefficient (Wildman–Crippen LogP) is 3.12. The van der Waals surface area contributed by atoms with Crippen LogP contribution in [0.15, 0.2) is 54.6 Å². The maximum absolute atomic E-state index is 11.7. The standard InChI is InChI=1S/C18H21NO3S/c1-21-16-9-7-15(8-10-16)13-23-14-18(20)19-11-12-22-17-5-3-2-4-6-17/h2-10H,11-14H2,1H3,(H,19,20). The van der Waals surface area contributed by atoms with Crippen LogP contribution in [0, 0.1) is 0 Å². The molecule has 4 nitrogen and oxygen atoms in total. The number of rotatable bonds is 9. The lowest BCUT2D eigenvalue weighted by Gasteiger charge is -2.08. The minimum Gasteiger partial charge on any atom is -0.497 e. The van der Waals surface area contributed by atoms with Crippen LogP contribution in [0.25, 0.3) is 0 Å². The number of benzene rings is 2. The van der Waals surface area contributed by atoms with Gasteiger partial charge in [-0.2, -0.15) is 0 Å². The molecule has 2 aromatic rings. The number of carbonyl (C=O) groups is 1. The molecule has 0 radical (unpaired) electrons. The van der Waals surface area contributed by atoms with Crippen molar-refractivity contribution in [2.45, 2.75) is 5.75 Å². The van der Waals surface area contributed by atoms with E-state index in [1.165, 1.54) is 5.56 Å². The molecule has 0 bridgehead atoms. The summed E-state index contributed by atoms with van der Waals surface area (Å²) in [6, 6.07) is 17.4. The number of para-hydroxylation sites is 1. The van der Waals surface area contributed by atoms with Gasteiger partial charge in [-0.05, 0) is 29.8 Å². The van der Waals surface area contributed by atoms with Crippen molar-refractivity contribution in [2.24, 2.45) is 0 Å². The lowest BCUT2D eigenvalue weighted by Crippen LogP contribution is -2.29. The molecule has 0 saturated carbocycles. The normalized spacial score (nSPS) is 10.1. The monoisotopic (exact) mass is 331 g/mol. The maximum atomic E-state index is 11.7. The number of ether oxygens (including phenoxy) is 2. The van der Waals surface area contributed by atoms with E-state index >= 15 is 0 Å². The van der Waals surface area contributed by atoms with Crippen molar-refractivity contribution in [3.8, 4) is 11.5 Å². The summed E-state index contributed by atoms with van der Waals surface area (Å²) in [5, 5.41) is 2.85. The third-order valence-corrected chi connectivity index (χ3v) is 4.10. The Labute approximate surface area is 141 Å². The van der Waals surface area contributed by atoms with Crippen LogP contribution in [0.3, 0.4) is 0 Å². The van der Waals surface area contributed by atoms with Crippen molar-refractivity contribution in [1.29, 1.82) is 0 Å². The predicted molar refractivity (Wildman–Crippen MR) is 94.1 cm³/mol. The fraction of sp³-hybridized carbons (Fsp3) is 0.278. The van der Waals surface area contributed by atoms with Crippen LogP contribution in [0.5, 0.6) is 11.5 Å². The fourth-order valence-corrected chi connectivity index (χ4v) is 2.73. The third kappa shape index (κ3) is 6.65. The van der Waals surface area contributed by atoms with Crippen LogP contribution in [-0.2, 0) is 10.5 Å². The summed E-state index contributed by atoms with van der Waals surface area (Å²) in [5.74, 6) is 2.93. The second kappa shape index (κ2) is 9.79. The lowest BCUT2D eigenvalue weighted by atomic mass is 10.2. The Balaban J connectivity index is 1.56. The molecule has 0 saturated heterocycles. The van der Waals surface area contributed by atoms with Gasteiger partial charge in [-0.3, -0.25) is 4.79 Å². The Hall–Kier alpha value is -2.14. The van der Waals surface area contributed by atoms with Gasteiger partial charge >= 0.3 is 0 Å². The average molecular weight is 331 g/mol. The van der Waals surface area contributed by atoms with E-state index in [1.807, 2.05) is 54.6 Å². The summed E-state index contributed by atoms with van der Waals surface area (Å²) in [6.45, 7) is 0.982. The van der Waals surface area contributed by atoms with Crippen LogP contribution in [-0.4, -0.2) is 31.9 Å². The SMILES string of the molecule is COc1ccc(CSCC(=O)NCCOc2ccccc2)cc1. The van der Waals surface area contributed by atoms with E-state index in [0.717, 1.165) is 17.3 Å². The van der Waals surface area contributed by atoms with E-state index in [0.29, 0.717) is 18.9 Å². The van der Waals surface area contributed by atoms with Gasteiger partial charge in [-0.25, -0.2) is 0 Å². The summed E-state index contributed by atoms with van der Waals surface area (Å²) >= 11 is 1.59. The number of carbonyl (C=O) groups excluding carboxylic acids is 1. The van der Waals surface area contributed by atoms with Crippen molar-refractivity contribution in [2.75, 3.05) is 26.0 Å². The van der Waals surface area contributed by atoms with Gasteiger partial charge in [0.1, 0.15) is 18.1 Å². The second-order valence-corrected chi connectivity index (χ2v) is 5.84. The Kier molecular flexibility index (Phi) is 7.33. The zero-order valence-electron chi connectivity index (χ0n) is 13.2. The Morgan fingerprint density at radius 2 is 1.78 bits per heavy atom. The van der Waals surface area contributed by atoms with Gasteiger partial charge in [0.05, 0.1) is 19.4 Å². The molecule has 5 heteroatoms. The first-order chi connectivity index (χ1) is 11.3. The minimum absolute atomic E-state index is 0.0279. The van der Waals surface area contributed by atoms with Crippen LogP contribution in [0.4, 0.5) is 0 Å². The topological polar surface area (TPSA) is 47.6 Å². The molecule has 2 rings (SSSR count). The number of hydrogen-bond donors (Lipinski definition) is 1. The largest absolute Gasteiger partial charge is 0.497 e. The van der Waals surface area contributed by atoms with Gasteiger partial charge in [0.2, 0.25) is 5.91 Å². The average Bonchev–Trinajstić information content (AvgIpc) is 2.60. The zero-order valence-corrected chi connectivity index (χ0v) is 14.0. The molecule has 1 N–H and O–H groups in total. The first-order valence-electron chi connectivity index (χ1n) is 7.43. The highest BCUT2D eigenvalue weighted by molar-refractivity contribution is 7.99. The molecular weight excluding hydrogens is 310 g/mol. The second-order valence-electron chi connectivity index (χ2n) is 4.85. The van der Waals surface area contributed by atoms with E-state index in [4.69, 9.17) is 9.47 Å².